The van der Waals surface area contributed by atoms with Crippen LogP contribution < -0.4 is 5.56 Å². The molecule has 3 aromatic heterocycles. The molecule has 0 unspecified atom stereocenters. The molecule has 0 spiro atoms. The lowest BCUT2D eigenvalue weighted by molar-refractivity contribution is -0.127. The van der Waals surface area contributed by atoms with Crippen LogP contribution in [0.5, 0.6) is 0 Å². The highest BCUT2D eigenvalue weighted by molar-refractivity contribution is 7.99. The summed E-state index contributed by atoms with van der Waals surface area (Å²) in [4.78, 5) is 33.7. The van der Waals surface area contributed by atoms with Crippen LogP contribution in [0.25, 0.3) is 20.7 Å². The zero-order chi connectivity index (χ0) is 21.8. The molecule has 0 atom stereocenters. The minimum absolute atomic E-state index is 0.0722. The monoisotopic (exact) mass is 451 g/mol. The van der Waals surface area contributed by atoms with Crippen molar-refractivity contribution in [3.63, 3.8) is 0 Å². The molecule has 0 radical (unpaired) electrons. The van der Waals surface area contributed by atoms with Crippen LogP contribution >= 0.6 is 23.1 Å². The first-order chi connectivity index (χ1) is 15.1. The van der Waals surface area contributed by atoms with Crippen molar-refractivity contribution < 1.29 is 9.21 Å². The minimum Gasteiger partial charge on any atom is -0.467 e. The van der Waals surface area contributed by atoms with E-state index in [4.69, 9.17) is 9.40 Å². The summed E-state index contributed by atoms with van der Waals surface area (Å²) in [5.41, 5.74) is 0.923. The molecule has 4 aromatic rings. The van der Waals surface area contributed by atoms with Gasteiger partial charge in [0.05, 0.1) is 23.9 Å². The number of amides is 1. The summed E-state index contributed by atoms with van der Waals surface area (Å²) in [7, 11) is 1.73. The highest BCUT2D eigenvalue weighted by atomic mass is 32.2. The van der Waals surface area contributed by atoms with E-state index in [0.717, 1.165) is 16.2 Å². The van der Waals surface area contributed by atoms with Gasteiger partial charge in [-0.05, 0) is 23.8 Å². The quantitative estimate of drug-likeness (QED) is 0.222. The first kappa shape index (κ1) is 21.1. The number of furan rings is 1. The average Bonchev–Trinajstić information content (AvgIpc) is 3.45. The molecule has 31 heavy (non-hydrogen) atoms. The molecule has 0 N–H and O–H groups in total. The Morgan fingerprint density at radius 1 is 1.29 bits per heavy atom. The van der Waals surface area contributed by atoms with E-state index in [0.29, 0.717) is 28.5 Å². The summed E-state index contributed by atoms with van der Waals surface area (Å²) in [5.74, 6) is 0.816. The van der Waals surface area contributed by atoms with Crippen LogP contribution in [0.15, 0.2) is 81.8 Å². The normalized spacial score (nSPS) is 11.0. The Morgan fingerprint density at radius 3 is 2.81 bits per heavy atom. The van der Waals surface area contributed by atoms with E-state index in [1.54, 1.807) is 34.9 Å². The van der Waals surface area contributed by atoms with Crippen molar-refractivity contribution in [2.75, 3.05) is 12.8 Å². The molecule has 4 rings (SSSR count). The molecule has 8 heteroatoms. The number of thiophene rings is 1. The second-order valence-electron chi connectivity index (χ2n) is 6.91. The van der Waals surface area contributed by atoms with Crippen LogP contribution in [-0.2, 0) is 17.9 Å². The van der Waals surface area contributed by atoms with Crippen LogP contribution in [-0.4, -0.2) is 33.2 Å². The number of benzene rings is 1. The van der Waals surface area contributed by atoms with Crippen molar-refractivity contribution in [2.45, 2.75) is 18.2 Å². The molecule has 3 heterocycles. The van der Waals surface area contributed by atoms with Crippen molar-refractivity contribution >= 4 is 39.2 Å². The van der Waals surface area contributed by atoms with Gasteiger partial charge in [-0.2, -0.15) is 0 Å². The van der Waals surface area contributed by atoms with E-state index in [2.05, 4.69) is 6.58 Å². The van der Waals surface area contributed by atoms with E-state index in [-0.39, 0.29) is 17.2 Å². The lowest BCUT2D eigenvalue weighted by Gasteiger charge is -2.16. The second kappa shape index (κ2) is 9.36. The average molecular weight is 452 g/mol. The summed E-state index contributed by atoms with van der Waals surface area (Å²) in [5, 5.41) is 1.09. The number of nitrogens with zero attached hydrogens (tertiary/aromatic N) is 3. The molecule has 1 amide bonds. The van der Waals surface area contributed by atoms with Crippen LogP contribution in [0.2, 0.25) is 0 Å². The Hall–Kier alpha value is -3.10. The van der Waals surface area contributed by atoms with E-state index in [9.17, 15) is 9.59 Å². The summed E-state index contributed by atoms with van der Waals surface area (Å²) in [6, 6.07) is 15.4. The number of thioether (sulfide) groups is 1. The first-order valence-electron chi connectivity index (χ1n) is 9.66. The Kier molecular flexibility index (Phi) is 6.39. The van der Waals surface area contributed by atoms with Gasteiger partial charge in [0.25, 0.3) is 5.56 Å². The first-order valence-corrected chi connectivity index (χ1v) is 11.5. The fourth-order valence-corrected chi connectivity index (χ4v) is 5.13. The summed E-state index contributed by atoms with van der Waals surface area (Å²) in [6.45, 7) is 4.48. The third-order valence-corrected chi connectivity index (χ3v) is 6.75. The van der Waals surface area contributed by atoms with Gasteiger partial charge in [0, 0.05) is 18.5 Å². The third kappa shape index (κ3) is 4.65. The number of carbonyl (C=O) groups excluding carboxylic acids is 1. The van der Waals surface area contributed by atoms with Crippen molar-refractivity contribution in [3.8, 4) is 10.4 Å². The number of aromatic nitrogens is 2. The number of rotatable bonds is 8. The minimum atomic E-state index is -0.123. The summed E-state index contributed by atoms with van der Waals surface area (Å²) in [6.07, 6.45) is 3.24. The SMILES string of the molecule is C=CCn1c(SCC(=O)N(C)Cc2ccco2)nc2sc(-c3ccccc3)cc2c1=O. The molecule has 0 fully saturated rings. The molecule has 158 valence electrons. The smallest absolute Gasteiger partial charge is 0.263 e. The largest absolute Gasteiger partial charge is 0.467 e. The molecule has 0 saturated carbocycles. The van der Waals surface area contributed by atoms with Gasteiger partial charge < -0.3 is 9.32 Å². The third-order valence-electron chi connectivity index (χ3n) is 4.71. The molecular weight excluding hydrogens is 430 g/mol. The van der Waals surface area contributed by atoms with Crippen LogP contribution in [0.3, 0.4) is 0 Å². The highest BCUT2D eigenvalue weighted by Gasteiger charge is 2.17. The molecule has 6 nitrogen and oxygen atoms in total. The second-order valence-corrected chi connectivity index (χ2v) is 8.89. The van der Waals surface area contributed by atoms with Crippen LogP contribution in [0.1, 0.15) is 5.76 Å². The van der Waals surface area contributed by atoms with Gasteiger partial charge in [-0.25, -0.2) is 4.98 Å². The Morgan fingerprint density at radius 2 is 2.10 bits per heavy atom. The van der Waals surface area contributed by atoms with Gasteiger partial charge in [0.1, 0.15) is 10.6 Å². The zero-order valence-electron chi connectivity index (χ0n) is 17.0. The molecule has 0 aliphatic rings. The van der Waals surface area contributed by atoms with Gasteiger partial charge in [-0.1, -0.05) is 48.2 Å². The van der Waals surface area contributed by atoms with Crippen molar-refractivity contribution in [3.05, 3.63) is 83.6 Å². The fraction of sp³-hybridized carbons (Fsp3) is 0.174. The highest BCUT2D eigenvalue weighted by Crippen LogP contribution is 2.32. The Labute approximate surface area is 187 Å². The number of allylic oxidation sites excluding steroid dienone is 1. The molecule has 0 saturated heterocycles. The van der Waals surface area contributed by atoms with Crippen LogP contribution in [0.4, 0.5) is 0 Å². The molecule has 0 aliphatic carbocycles. The van der Waals surface area contributed by atoms with E-state index >= 15 is 0 Å². The van der Waals surface area contributed by atoms with Gasteiger partial charge in [0.15, 0.2) is 5.16 Å². The number of fused-ring (bicyclic) bond motifs is 1. The maximum absolute atomic E-state index is 13.1. The standard InChI is InChI=1S/C23H21N3O3S2/c1-3-11-26-22(28)18-13-19(16-8-5-4-6-9-16)31-21(18)24-23(26)30-15-20(27)25(2)14-17-10-7-12-29-17/h3-10,12-13H,1,11,14-15H2,2H3. The van der Waals surface area contributed by atoms with E-state index < -0.39 is 0 Å². The number of carbonyl (C=O) groups is 1. The predicted molar refractivity (Wildman–Crippen MR) is 125 cm³/mol. The number of hydrogen-bond donors (Lipinski definition) is 0. The Bertz CT molecular complexity index is 1260. The van der Waals surface area contributed by atoms with E-state index in [1.165, 1.54) is 23.1 Å². The summed E-state index contributed by atoms with van der Waals surface area (Å²) < 4.78 is 6.87. The number of hydrogen-bond acceptors (Lipinski definition) is 6. The van der Waals surface area contributed by atoms with Crippen molar-refractivity contribution in [1.29, 1.82) is 0 Å². The maximum atomic E-state index is 13.1. The lowest BCUT2D eigenvalue weighted by Crippen LogP contribution is -2.28. The molecular formula is C23H21N3O3S2. The van der Waals surface area contributed by atoms with Crippen molar-refractivity contribution in [1.82, 2.24) is 14.5 Å². The fourth-order valence-electron chi connectivity index (χ4n) is 3.10. The predicted octanol–water partition coefficient (Wildman–Crippen LogP) is 4.65. The molecule has 0 bridgehead atoms. The van der Waals surface area contributed by atoms with Gasteiger partial charge >= 0.3 is 0 Å². The molecule has 1 aromatic carbocycles. The maximum Gasteiger partial charge on any atom is 0.263 e. The Balaban J connectivity index is 1.60. The van der Waals surface area contributed by atoms with Gasteiger partial charge in [-0.3, -0.25) is 14.2 Å². The van der Waals surface area contributed by atoms with Crippen molar-refractivity contribution in [2.24, 2.45) is 0 Å². The zero-order valence-corrected chi connectivity index (χ0v) is 18.6. The van der Waals surface area contributed by atoms with Gasteiger partial charge in [0.2, 0.25) is 5.91 Å². The summed E-state index contributed by atoms with van der Waals surface area (Å²) >= 11 is 2.74. The van der Waals surface area contributed by atoms with Gasteiger partial charge in [-0.15, -0.1) is 17.9 Å². The van der Waals surface area contributed by atoms with E-state index in [1.807, 2.05) is 42.5 Å². The molecule has 0 aliphatic heterocycles. The lowest BCUT2D eigenvalue weighted by atomic mass is 10.2. The topological polar surface area (TPSA) is 68.3 Å². The van der Waals surface area contributed by atoms with Crippen LogP contribution in [0, 0.1) is 0 Å².